The van der Waals surface area contributed by atoms with E-state index in [0.717, 1.165) is 38.9 Å². The van der Waals surface area contributed by atoms with Crippen molar-refractivity contribution in [1.29, 1.82) is 0 Å². The second-order valence-corrected chi connectivity index (χ2v) is 15.3. The molecule has 1 atom stereocenters. The lowest BCUT2D eigenvalue weighted by atomic mass is 9.88. The number of rotatable bonds is 6. The molecule has 0 spiro atoms. The third-order valence-electron chi connectivity index (χ3n) is 11.0. The molecule has 2 heterocycles. The second-order valence-electron chi connectivity index (χ2n) is 14.3. The summed E-state index contributed by atoms with van der Waals surface area (Å²) in [5, 5.41) is 2.53. The SMILES string of the molecule is c1ccc(-c2ccc(-c3cccc4sc5c6c(ccc5c34)-c3ccccc3C6c3ccccc3)c(-c3nc(-c4ccccc4)nc(-c4ccccc4)n3)c2)cc1. The van der Waals surface area contributed by atoms with E-state index >= 15 is 0 Å². The minimum atomic E-state index is 0.168. The van der Waals surface area contributed by atoms with Crippen LogP contribution in [-0.4, -0.2) is 15.0 Å². The molecule has 262 valence electrons. The summed E-state index contributed by atoms with van der Waals surface area (Å²) in [6.45, 7) is 0. The van der Waals surface area contributed by atoms with Crippen LogP contribution < -0.4 is 0 Å². The van der Waals surface area contributed by atoms with Gasteiger partial charge in [0.15, 0.2) is 17.5 Å². The molecule has 1 aliphatic rings. The van der Waals surface area contributed by atoms with Gasteiger partial charge in [-0.05, 0) is 62.2 Å². The summed E-state index contributed by atoms with van der Waals surface area (Å²) in [6.07, 6.45) is 0. The maximum atomic E-state index is 5.24. The summed E-state index contributed by atoms with van der Waals surface area (Å²) < 4.78 is 2.60. The third kappa shape index (κ3) is 5.37. The highest BCUT2D eigenvalue weighted by molar-refractivity contribution is 7.26. The zero-order valence-corrected chi connectivity index (χ0v) is 31.1. The molecule has 56 heavy (non-hydrogen) atoms. The number of thiophene rings is 1. The highest BCUT2D eigenvalue weighted by atomic mass is 32.1. The predicted octanol–water partition coefficient (Wildman–Crippen LogP) is 13.7. The molecular weight excluding hydrogens is 699 g/mol. The maximum absolute atomic E-state index is 5.24. The Morgan fingerprint density at radius 3 is 1.64 bits per heavy atom. The van der Waals surface area contributed by atoms with Crippen LogP contribution in [0.1, 0.15) is 22.6 Å². The van der Waals surface area contributed by atoms with Crippen LogP contribution in [0.4, 0.5) is 0 Å². The van der Waals surface area contributed by atoms with Crippen molar-refractivity contribution in [3.05, 3.63) is 211 Å². The molecular formula is C52H33N3S. The maximum Gasteiger partial charge on any atom is 0.164 e. The van der Waals surface area contributed by atoms with Crippen molar-refractivity contribution in [2.75, 3.05) is 0 Å². The average molecular weight is 732 g/mol. The van der Waals surface area contributed by atoms with Crippen LogP contribution in [-0.2, 0) is 0 Å². The van der Waals surface area contributed by atoms with Crippen molar-refractivity contribution >= 4 is 31.5 Å². The minimum Gasteiger partial charge on any atom is -0.208 e. The molecule has 0 N–H and O–H groups in total. The predicted molar refractivity (Wildman–Crippen MR) is 233 cm³/mol. The van der Waals surface area contributed by atoms with Gasteiger partial charge >= 0.3 is 0 Å². The van der Waals surface area contributed by atoms with E-state index in [1.165, 1.54) is 48.0 Å². The topological polar surface area (TPSA) is 38.7 Å². The van der Waals surface area contributed by atoms with Gasteiger partial charge in [0.05, 0.1) is 0 Å². The number of benzene rings is 8. The molecule has 0 aliphatic heterocycles. The fourth-order valence-electron chi connectivity index (χ4n) is 8.50. The Bertz CT molecular complexity index is 3010. The molecule has 0 radical (unpaired) electrons. The van der Waals surface area contributed by atoms with Crippen LogP contribution >= 0.6 is 11.3 Å². The summed E-state index contributed by atoms with van der Waals surface area (Å²) in [7, 11) is 0. The van der Waals surface area contributed by atoms with Gasteiger partial charge in [-0.1, -0.05) is 182 Å². The summed E-state index contributed by atoms with van der Waals surface area (Å²) in [5.74, 6) is 2.10. The molecule has 2 aromatic heterocycles. The van der Waals surface area contributed by atoms with Gasteiger partial charge in [-0.3, -0.25) is 0 Å². The molecule has 0 saturated heterocycles. The van der Waals surface area contributed by atoms with E-state index in [2.05, 4.69) is 158 Å². The number of nitrogens with zero attached hydrogens (tertiary/aromatic N) is 3. The van der Waals surface area contributed by atoms with Gasteiger partial charge in [-0.25, -0.2) is 15.0 Å². The van der Waals surface area contributed by atoms with Gasteiger partial charge in [0.1, 0.15) is 0 Å². The van der Waals surface area contributed by atoms with Gasteiger partial charge in [-0.15, -0.1) is 11.3 Å². The van der Waals surface area contributed by atoms with Gasteiger partial charge < -0.3 is 0 Å². The lowest BCUT2D eigenvalue weighted by Crippen LogP contribution is -2.01. The second kappa shape index (κ2) is 13.4. The normalized spacial score (nSPS) is 13.2. The quantitative estimate of drug-likeness (QED) is 0.171. The largest absolute Gasteiger partial charge is 0.208 e. The monoisotopic (exact) mass is 731 g/mol. The molecule has 1 aliphatic carbocycles. The van der Waals surface area contributed by atoms with E-state index in [0.29, 0.717) is 17.5 Å². The van der Waals surface area contributed by atoms with E-state index in [-0.39, 0.29) is 5.92 Å². The first-order chi connectivity index (χ1) is 27.8. The van der Waals surface area contributed by atoms with Crippen molar-refractivity contribution in [1.82, 2.24) is 15.0 Å². The van der Waals surface area contributed by atoms with Crippen molar-refractivity contribution in [2.24, 2.45) is 0 Å². The molecule has 0 fully saturated rings. The molecule has 3 nitrogen and oxygen atoms in total. The summed E-state index contributed by atoms with van der Waals surface area (Å²) >= 11 is 1.90. The van der Waals surface area contributed by atoms with Crippen LogP contribution in [0.25, 0.3) is 87.7 Å². The molecule has 0 amide bonds. The standard InChI is InChI=1S/C52H33N3S/c1-5-16-33(17-6-1)37-28-29-39(44(32-37)52-54-50(35-20-9-3-10-21-35)53-51(55-52)36-22-11-4-12-23-36)41-26-15-27-45-47(41)43-31-30-42-38-24-13-14-25-40(38)46(48(42)49(43)56-45)34-18-7-2-8-19-34/h1-32,46H. The molecule has 0 bridgehead atoms. The Labute approximate surface area is 329 Å². The van der Waals surface area contributed by atoms with Crippen LogP contribution in [0, 0.1) is 0 Å². The van der Waals surface area contributed by atoms with Crippen molar-refractivity contribution in [2.45, 2.75) is 5.92 Å². The van der Waals surface area contributed by atoms with E-state index in [1.807, 2.05) is 47.7 Å². The smallest absolute Gasteiger partial charge is 0.164 e. The number of fused-ring (bicyclic) bond motifs is 7. The van der Waals surface area contributed by atoms with E-state index in [1.54, 1.807) is 0 Å². The minimum absolute atomic E-state index is 0.168. The molecule has 8 aromatic carbocycles. The third-order valence-corrected chi connectivity index (χ3v) is 12.2. The Hall–Kier alpha value is -7.01. The van der Waals surface area contributed by atoms with Gasteiger partial charge in [0.25, 0.3) is 0 Å². The molecule has 10 aromatic rings. The zero-order chi connectivity index (χ0) is 37.0. The van der Waals surface area contributed by atoms with Crippen molar-refractivity contribution < 1.29 is 0 Å². The van der Waals surface area contributed by atoms with Crippen LogP contribution in [0.3, 0.4) is 0 Å². The van der Waals surface area contributed by atoms with Crippen LogP contribution in [0.15, 0.2) is 194 Å². The van der Waals surface area contributed by atoms with Crippen LogP contribution in [0.5, 0.6) is 0 Å². The molecule has 1 unspecified atom stereocenters. The first-order valence-electron chi connectivity index (χ1n) is 19.0. The Morgan fingerprint density at radius 1 is 0.375 bits per heavy atom. The number of hydrogen-bond donors (Lipinski definition) is 0. The average Bonchev–Trinajstić information content (AvgIpc) is 3.84. The van der Waals surface area contributed by atoms with E-state index < -0.39 is 0 Å². The van der Waals surface area contributed by atoms with Gasteiger partial charge in [0, 0.05) is 42.8 Å². The highest BCUT2D eigenvalue weighted by Crippen LogP contribution is 2.54. The highest BCUT2D eigenvalue weighted by Gasteiger charge is 2.33. The lowest BCUT2D eigenvalue weighted by molar-refractivity contribution is 1.03. The van der Waals surface area contributed by atoms with Gasteiger partial charge in [0.2, 0.25) is 0 Å². The van der Waals surface area contributed by atoms with E-state index in [4.69, 9.17) is 15.0 Å². The lowest BCUT2D eigenvalue weighted by Gasteiger charge is -2.16. The fourth-order valence-corrected chi connectivity index (χ4v) is 9.81. The zero-order valence-electron chi connectivity index (χ0n) is 30.3. The Morgan fingerprint density at radius 2 is 0.946 bits per heavy atom. The Kier molecular flexibility index (Phi) is 7.75. The van der Waals surface area contributed by atoms with E-state index in [9.17, 15) is 0 Å². The Balaban J connectivity index is 1.18. The summed E-state index contributed by atoms with van der Waals surface area (Å²) in [5.41, 5.74) is 14.1. The van der Waals surface area contributed by atoms with Crippen molar-refractivity contribution in [3.63, 3.8) is 0 Å². The van der Waals surface area contributed by atoms with Crippen LogP contribution in [0.2, 0.25) is 0 Å². The fraction of sp³-hybridized carbons (Fsp3) is 0.0192. The summed E-state index contributed by atoms with van der Waals surface area (Å²) in [6, 6.07) is 69.1. The molecule has 4 heteroatoms. The number of aromatic nitrogens is 3. The molecule has 11 rings (SSSR count). The van der Waals surface area contributed by atoms with Crippen molar-refractivity contribution in [3.8, 4) is 67.5 Å². The number of hydrogen-bond acceptors (Lipinski definition) is 4. The summed E-state index contributed by atoms with van der Waals surface area (Å²) in [4.78, 5) is 15.5. The molecule has 0 saturated carbocycles. The van der Waals surface area contributed by atoms with Gasteiger partial charge in [-0.2, -0.15) is 0 Å². The first kappa shape index (κ1) is 32.4. The first-order valence-corrected chi connectivity index (χ1v) is 19.8.